The zero-order valence-corrected chi connectivity index (χ0v) is 16.5. The summed E-state index contributed by atoms with van der Waals surface area (Å²) in [6.07, 6.45) is 0.908. The summed E-state index contributed by atoms with van der Waals surface area (Å²) in [4.78, 5) is 14.9. The zero-order valence-electron chi connectivity index (χ0n) is 15.7. The molecule has 1 aliphatic rings. The van der Waals surface area contributed by atoms with Crippen molar-refractivity contribution in [2.75, 3.05) is 10.7 Å². The first-order chi connectivity index (χ1) is 13.0. The summed E-state index contributed by atoms with van der Waals surface area (Å²) >= 11 is 1.44. The van der Waals surface area contributed by atoms with Gasteiger partial charge in [0, 0.05) is 17.4 Å². The molecule has 27 heavy (non-hydrogen) atoms. The van der Waals surface area contributed by atoms with Gasteiger partial charge in [0.25, 0.3) is 0 Å². The monoisotopic (exact) mass is 378 g/mol. The van der Waals surface area contributed by atoms with E-state index in [2.05, 4.69) is 42.2 Å². The lowest BCUT2D eigenvalue weighted by atomic mass is 10.1. The number of rotatable bonds is 4. The van der Waals surface area contributed by atoms with Crippen molar-refractivity contribution in [3.05, 3.63) is 65.5 Å². The van der Waals surface area contributed by atoms with E-state index in [1.165, 1.54) is 22.9 Å². The minimum Gasteiger partial charge on any atom is -0.308 e. The van der Waals surface area contributed by atoms with Crippen molar-refractivity contribution in [3.8, 4) is 5.69 Å². The molecule has 3 aromatic rings. The molecule has 6 heteroatoms. The van der Waals surface area contributed by atoms with Gasteiger partial charge in [0.1, 0.15) is 5.82 Å². The fourth-order valence-electron chi connectivity index (χ4n) is 3.64. The Morgan fingerprint density at radius 2 is 1.96 bits per heavy atom. The van der Waals surface area contributed by atoms with Crippen LogP contribution in [-0.2, 0) is 11.2 Å². The Bertz CT molecular complexity index is 997. The van der Waals surface area contributed by atoms with Gasteiger partial charge in [-0.1, -0.05) is 42.1 Å². The number of thioether (sulfide) groups is 1. The van der Waals surface area contributed by atoms with E-state index in [1.54, 1.807) is 0 Å². The normalized spacial score (nSPS) is 15.8. The van der Waals surface area contributed by atoms with Crippen LogP contribution < -0.4 is 4.90 Å². The molecule has 0 saturated carbocycles. The molecule has 0 unspecified atom stereocenters. The molecule has 2 heterocycles. The van der Waals surface area contributed by atoms with E-state index in [4.69, 9.17) is 0 Å². The highest BCUT2D eigenvalue weighted by Gasteiger charge is 2.30. The van der Waals surface area contributed by atoms with Crippen LogP contribution in [0.4, 0.5) is 5.69 Å². The predicted molar refractivity (Wildman–Crippen MR) is 109 cm³/mol. The Labute approximate surface area is 163 Å². The van der Waals surface area contributed by atoms with Crippen molar-refractivity contribution >= 4 is 23.4 Å². The quantitative estimate of drug-likeness (QED) is 0.645. The number of fused-ring (bicyclic) bond motifs is 1. The Hall–Kier alpha value is -2.60. The smallest absolute Gasteiger partial charge is 0.237 e. The van der Waals surface area contributed by atoms with Gasteiger partial charge < -0.3 is 4.90 Å². The first-order valence-electron chi connectivity index (χ1n) is 9.06. The summed E-state index contributed by atoms with van der Waals surface area (Å²) in [5.41, 5.74) is 4.47. The summed E-state index contributed by atoms with van der Waals surface area (Å²) < 4.78 is 2.01. The van der Waals surface area contributed by atoms with E-state index >= 15 is 0 Å². The Kier molecular flexibility index (Phi) is 4.74. The van der Waals surface area contributed by atoms with Crippen molar-refractivity contribution in [2.24, 2.45) is 0 Å². The van der Waals surface area contributed by atoms with E-state index in [9.17, 15) is 4.79 Å². The number of hydrogen-bond donors (Lipinski definition) is 0. The molecule has 138 valence electrons. The Morgan fingerprint density at radius 1 is 1.15 bits per heavy atom. The summed E-state index contributed by atoms with van der Waals surface area (Å²) in [6, 6.07) is 16.5. The van der Waals surface area contributed by atoms with Gasteiger partial charge in [0.15, 0.2) is 5.16 Å². The first-order valence-corrected chi connectivity index (χ1v) is 10.0. The maximum atomic E-state index is 12.9. The third kappa shape index (κ3) is 3.37. The van der Waals surface area contributed by atoms with Gasteiger partial charge in [-0.05, 0) is 56.5 Å². The van der Waals surface area contributed by atoms with Crippen LogP contribution in [0.3, 0.4) is 0 Å². The van der Waals surface area contributed by atoms with Crippen LogP contribution in [0.25, 0.3) is 5.69 Å². The molecule has 1 aromatic heterocycles. The molecule has 1 amide bonds. The number of carbonyl (C=O) groups is 1. The number of aryl methyl sites for hydroxylation is 2. The van der Waals surface area contributed by atoms with E-state index in [0.717, 1.165) is 28.8 Å². The maximum Gasteiger partial charge on any atom is 0.237 e. The van der Waals surface area contributed by atoms with Crippen molar-refractivity contribution in [2.45, 2.75) is 38.4 Å². The number of para-hydroxylation sites is 1. The fraction of sp³-hybridized carbons (Fsp3) is 0.286. The lowest BCUT2D eigenvalue weighted by Crippen LogP contribution is -2.37. The van der Waals surface area contributed by atoms with Crippen LogP contribution in [-0.4, -0.2) is 32.5 Å². The second-order valence-electron chi connectivity index (χ2n) is 6.94. The average Bonchev–Trinajstić information content (AvgIpc) is 3.18. The van der Waals surface area contributed by atoms with E-state index < -0.39 is 0 Å². The van der Waals surface area contributed by atoms with Crippen LogP contribution in [0.2, 0.25) is 0 Å². The third-order valence-electron chi connectivity index (χ3n) is 4.86. The van der Waals surface area contributed by atoms with Gasteiger partial charge in [0.05, 0.1) is 5.75 Å². The summed E-state index contributed by atoms with van der Waals surface area (Å²) in [5.74, 6) is 1.26. The highest BCUT2D eigenvalue weighted by atomic mass is 32.2. The fourth-order valence-corrected chi connectivity index (χ4v) is 4.50. The third-order valence-corrected chi connectivity index (χ3v) is 5.77. The molecule has 1 atom stereocenters. The number of aromatic nitrogens is 3. The molecule has 0 N–H and O–H groups in total. The number of hydrogen-bond acceptors (Lipinski definition) is 4. The second-order valence-corrected chi connectivity index (χ2v) is 7.88. The van der Waals surface area contributed by atoms with Crippen molar-refractivity contribution in [1.82, 2.24) is 14.8 Å². The number of nitrogens with zero attached hydrogens (tertiary/aromatic N) is 4. The number of amides is 1. The van der Waals surface area contributed by atoms with Crippen LogP contribution in [0, 0.1) is 13.8 Å². The van der Waals surface area contributed by atoms with E-state index in [-0.39, 0.29) is 11.9 Å². The number of anilines is 1. The molecule has 0 saturated heterocycles. The highest BCUT2D eigenvalue weighted by Crippen LogP contribution is 2.33. The van der Waals surface area contributed by atoms with Crippen LogP contribution in [0.5, 0.6) is 0 Å². The zero-order chi connectivity index (χ0) is 19.0. The van der Waals surface area contributed by atoms with Crippen molar-refractivity contribution in [1.29, 1.82) is 0 Å². The van der Waals surface area contributed by atoms with E-state index in [0.29, 0.717) is 5.75 Å². The summed E-state index contributed by atoms with van der Waals surface area (Å²) in [7, 11) is 0. The van der Waals surface area contributed by atoms with Crippen LogP contribution in [0.15, 0.2) is 53.7 Å². The molecular formula is C21H22N4OS. The molecular weight excluding hydrogens is 356 g/mol. The lowest BCUT2D eigenvalue weighted by Gasteiger charge is -2.22. The molecule has 0 radical (unpaired) electrons. The number of carbonyl (C=O) groups excluding carboxylic acids is 1. The van der Waals surface area contributed by atoms with Gasteiger partial charge in [-0.25, -0.2) is 0 Å². The molecule has 1 aliphatic heterocycles. The largest absolute Gasteiger partial charge is 0.308 e. The summed E-state index contributed by atoms with van der Waals surface area (Å²) in [6.45, 7) is 6.09. The van der Waals surface area contributed by atoms with E-state index in [1.807, 2.05) is 46.7 Å². The van der Waals surface area contributed by atoms with Gasteiger partial charge in [-0.3, -0.25) is 9.36 Å². The molecule has 0 fully saturated rings. The Morgan fingerprint density at radius 3 is 2.78 bits per heavy atom. The first kappa shape index (κ1) is 17.8. The van der Waals surface area contributed by atoms with Crippen molar-refractivity contribution in [3.63, 3.8) is 0 Å². The Balaban J connectivity index is 1.54. The highest BCUT2D eigenvalue weighted by molar-refractivity contribution is 7.99. The standard InChI is InChI=1S/C21H22N4OS/c1-14-7-6-9-18(11-14)25-16(3)22-23-21(25)27-13-20(26)24-15(2)12-17-8-4-5-10-19(17)24/h4-11,15H,12-13H2,1-3H3/t15-/m0/s1. The second kappa shape index (κ2) is 7.19. The van der Waals surface area contributed by atoms with Gasteiger partial charge in [-0.2, -0.15) is 0 Å². The molecule has 0 aliphatic carbocycles. The SMILES string of the molecule is Cc1cccc(-n2c(C)nnc2SCC(=O)N2c3ccccc3C[C@@H]2C)c1. The minimum atomic E-state index is 0.105. The van der Waals surface area contributed by atoms with Gasteiger partial charge in [-0.15, -0.1) is 10.2 Å². The van der Waals surface area contributed by atoms with Crippen LogP contribution in [0.1, 0.15) is 23.9 Å². The molecule has 5 nitrogen and oxygen atoms in total. The van der Waals surface area contributed by atoms with Gasteiger partial charge >= 0.3 is 0 Å². The van der Waals surface area contributed by atoms with Crippen molar-refractivity contribution < 1.29 is 4.79 Å². The van der Waals surface area contributed by atoms with Crippen LogP contribution >= 0.6 is 11.8 Å². The molecule has 2 aromatic carbocycles. The maximum absolute atomic E-state index is 12.9. The predicted octanol–water partition coefficient (Wildman–Crippen LogP) is 3.95. The lowest BCUT2D eigenvalue weighted by molar-refractivity contribution is -0.116. The molecule has 4 rings (SSSR count). The molecule has 0 bridgehead atoms. The number of benzene rings is 2. The summed E-state index contributed by atoms with van der Waals surface area (Å²) in [5, 5.41) is 9.25. The molecule has 0 spiro atoms. The topological polar surface area (TPSA) is 51.0 Å². The van der Waals surface area contributed by atoms with Gasteiger partial charge in [0.2, 0.25) is 5.91 Å². The average molecular weight is 379 g/mol. The minimum absolute atomic E-state index is 0.105.